The molecule has 2 aromatic rings. The summed E-state index contributed by atoms with van der Waals surface area (Å²) in [6, 6.07) is 5.61. The maximum atomic E-state index is 12.8. The molecule has 0 fully saturated rings. The smallest absolute Gasteiger partial charge is 0.286 e. The number of halogens is 1. The first kappa shape index (κ1) is 16.8. The highest BCUT2D eigenvalue weighted by Gasteiger charge is 2.18. The minimum Gasteiger partial charge on any atom is -0.365 e. The van der Waals surface area contributed by atoms with Crippen LogP contribution in [0.4, 0.5) is 15.8 Å². The van der Waals surface area contributed by atoms with Gasteiger partial charge in [-0.25, -0.2) is 4.39 Å². The van der Waals surface area contributed by atoms with E-state index in [4.69, 9.17) is 5.73 Å². The highest BCUT2D eigenvalue weighted by Crippen LogP contribution is 2.11. The second-order valence-electron chi connectivity index (χ2n) is 4.72. The van der Waals surface area contributed by atoms with E-state index in [1.54, 1.807) is 0 Å². The zero-order chi connectivity index (χ0) is 17.9. The molecule has 0 saturated carbocycles. The van der Waals surface area contributed by atoms with E-state index >= 15 is 0 Å². The van der Waals surface area contributed by atoms with Gasteiger partial charge in [0, 0.05) is 11.8 Å². The first-order valence-corrected chi connectivity index (χ1v) is 6.52. The van der Waals surface area contributed by atoms with E-state index in [2.05, 4.69) is 5.32 Å². The lowest BCUT2D eigenvalue weighted by Gasteiger charge is -2.08. The number of amides is 2. The summed E-state index contributed by atoms with van der Waals surface area (Å²) in [6.07, 6.45) is 0.832. The predicted octanol–water partition coefficient (Wildman–Crippen LogP) is 0.633. The Morgan fingerprint density at radius 2 is 1.92 bits per heavy atom. The Balaban J connectivity index is 2.29. The molecule has 0 aliphatic rings. The number of carbonyl (C=O) groups excluding carboxylic acids is 2. The van der Waals surface area contributed by atoms with E-state index in [0.717, 1.165) is 24.4 Å². The molecule has 0 aliphatic carbocycles. The highest BCUT2D eigenvalue weighted by atomic mass is 19.1. The number of carbonyl (C=O) groups is 2. The van der Waals surface area contributed by atoms with Crippen molar-refractivity contribution >= 4 is 23.2 Å². The number of anilines is 1. The summed E-state index contributed by atoms with van der Waals surface area (Å²) in [5.41, 5.74) is 3.20. The van der Waals surface area contributed by atoms with Crippen LogP contribution in [0.5, 0.6) is 0 Å². The van der Waals surface area contributed by atoms with Gasteiger partial charge in [-0.15, -0.1) is 0 Å². The lowest BCUT2D eigenvalue weighted by atomic mass is 10.2. The molecule has 124 valence electrons. The second-order valence-corrected chi connectivity index (χ2v) is 4.72. The number of nitrogens with two attached hydrogens (primary N) is 1. The van der Waals surface area contributed by atoms with Crippen LogP contribution in [0, 0.1) is 15.9 Å². The molecule has 2 rings (SSSR count). The van der Waals surface area contributed by atoms with Crippen LogP contribution in [0.2, 0.25) is 0 Å². The highest BCUT2D eigenvalue weighted by molar-refractivity contribution is 5.93. The maximum absolute atomic E-state index is 12.8. The van der Waals surface area contributed by atoms with Crippen LogP contribution in [0.1, 0.15) is 10.4 Å². The Labute approximate surface area is 133 Å². The Kier molecular flexibility index (Phi) is 4.68. The number of hydrogen-bond acceptors (Lipinski definition) is 5. The molecule has 1 aromatic heterocycles. The van der Waals surface area contributed by atoms with E-state index in [1.165, 1.54) is 12.1 Å². The summed E-state index contributed by atoms with van der Waals surface area (Å²) in [7, 11) is 0. The molecule has 3 N–H and O–H groups in total. The van der Waals surface area contributed by atoms with Gasteiger partial charge >= 0.3 is 0 Å². The van der Waals surface area contributed by atoms with Gasteiger partial charge in [0.15, 0.2) is 0 Å². The van der Waals surface area contributed by atoms with Gasteiger partial charge in [0.25, 0.3) is 17.2 Å². The van der Waals surface area contributed by atoms with E-state index in [9.17, 15) is 28.9 Å². The van der Waals surface area contributed by atoms with Gasteiger partial charge in [0.2, 0.25) is 5.91 Å². The quantitative estimate of drug-likeness (QED) is 0.610. The van der Waals surface area contributed by atoms with E-state index in [-0.39, 0.29) is 5.69 Å². The monoisotopic (exact) mass is 334 g/mol. The molecule has 0 bridgehead atoms. The van der Waals surface area contributed by atoms with Crippen molar-refractivity contribution in [1.82, 2.24) is 4.57 Å². The number of nitrogens with one attached hydrogen (secondary N) is 1. The Bertz CT molecular complexity index is 876. The zero-order valence-corrected chi connectivity index (χ0v) is 12.1. The molecule has 2 amide bonds. The summed E-state index contributed by atoms with van der Waals surface area (Å²) in [5, 5.41) is 13.2. The third-order valence-electron chi connectivity index (χ3n) is 2.99. The van der Waals surface area contributed by atoms with Gasteiger partial charge in [-0.2, -0.15) is 0 Å². The topological polar surface area (TPSA) is 137 Å². The average molecular weight is 334 g/mol. The first-order valence-electron chi connectivity index (χ1n) is 6.52. The fourth-order valence-corrected chi connectivity index (χ4v) is 1.90. The minimum atomic E-state index is -1.14. The van der Waals surface area contributed by atoms with Gasteiger partial charge in [0.05, 0.1) is 11.1 Å². The second kappa shape index (κ2) is 6.69. The van der Waals surface area contributed by atoms with Gasteiger partial charge < -0.3 is 11.1 Å². The van der Waals surface area contributed by atoms with Crippen LogP contribution in [0.15, 0.2) is 41.3 Å². The Morgan fingerprint density at radius 3 is 2.46 bits per heavy atom. The van der Waals surface area contributed by atoms with Gasteiger partial charge in [-0.3, -0.25) is 29.1 Å². The third-order valence-corrected chi connectivity index (χ3v) is 2.99. The number of primary amides is 1. The summed E-state index contributed by atoms with van der Waals surface area (Å²) >= 11 is 0. The number of benzene rings is 1. The van der Waals surface area contributed by atoms with Crippen LogP contribution in [0.25, 0.3) is 0 Å². The number of hydrogen-bond donors (Lipinski definition) is 2. The number of rotatable bonds is 5. The summed E-state index contributed by atoms with van der Waals surface area (Å²) in [5.74, 6) is -2.33. The van der Waals surface area contributed by atoms with Crippen molar-refractivity contribution in [2.24, 2.45) is 5.73 Å². The Hall–Kier alpha value is -3.56. The molecule has 0 atom stereocenters. The molecule has 0 unspecified atom stereocenters. The molecule has 9 nitrogen and oxygen atoms in total. The fraction of sp³-hybridized carbons (Fsp3) is 0.0714. The summed E-state index contributed by atoms with van der Waals surface area (Å²) < 4.78 is 13.5. The molecular weight excluding hydrogens is 323 g/mol. The molecule has 10 heteroatoms. The predicted molar refractivity (Wildman–Crippen MR) is 80.9 cm³/mol. The van der Waals surface area contributed by atoms with Crippen LogP contribution < -0.4 is 16.6 Å². The van der Waals surface area contributed by atoms with Crippen LogP contribution in [0.3, 0.4) is 0 Å². The van der Waals surface area contributed by atoms with Crippen molar-refractivity contribution in [2.75, 3.05) is 5.32 Å². The number of aromatic nitrogens is 1. The van der Waals surface area contributed by atoms with Gasteiger partial charge in [-0.1, -0.05) is 0 Å². The minimum absolute atomic E-state index is 0.273. The molecule has 0 radical (unpaired) electrons. The lowest BCUT2D eigenvalue weighted by Crippen LogP contribution is -2.33. The van der Waals surface area contributed by atoms with E-state index in [1.807, 2.05) is 0 Å². The standard InChI is InChI=1S/C14H11FN4O5/c15-8-1-3-9(4-2-8)17-12(20)7-18-6-10(19(23)24)5-11(13(16)21)14(18)22/h1-6H,7H2,(H2,16,21)(H,17,20). The molecule has 1 aromatic carbocycles. The average Bonchev–Trinajstić information content (AvgIpc) is 2.51. The third kappa shape index (κ3) is 3.80. The van der Waals surface area contributed by atoms with Gasteiger partial charge in [0.1, 0.15) is 17.9 Å². The molecule has 0 aliphatic heterocycles. The maximum Gasteiger partial charge on any atom is 0.286 e. The van der Waals surface area contributed by atoms with Crippen LogP contribution >= 0.6 is 0 Å². The van der Waals surface area contributed by atoms with Crippen LogP contribution in [-0.4, -0.2) is 21.3 Å². The molecule has 24 heavy (non-hydrogen) atoms. The number of pyridine rings is 1. The van der Waals surface area contributed by atoms with E-state index < -0.39 is 45.9 Å². The Morgan fingerprint density at radius 1 is 1.29 bits per heavy atom. The molecule has 1 heterocycles. The van der Waals surface area contributed by atoms with E-state index in [0.29, 0.717) is 4.57 Å². The fourth-order valence-electron chi connectivity index (χ4n) is 1.90. The summed E-state index contributed by atoms with van der Waals surface area (Å²) in [6.45, 7) is -0.585. The SMILES string of the molecule is NC(=O)c1cc([N+](=O)[O-])cn(CC(=O)Nc2ccc(F)cc2)c1=O. The molecule has 0 saturated heterocycles. The number of nitrogens with zero attached hydrogens (tertiary/aromatic N) is 2. The first-order chi connectivity index (χ1) is 11.3. The summed E-state index contributed by atoms with van der Waals surface area (Å²) in [4.78, 5) is 45.2. The largest absolute Gasteiger partial charge is 0.365 e. The molecule has 0 spiro atoms. The lowest BCUT2D eigenvalue weighted by molar-refractivity contribution is -0.385. The zero-order valence-electron chi connectivity index (χ0n) is 12.1. The van der Waals surface area contributed by atoms with Crippen LogP contribution in [-0.2, 0) is 11.3 Å². The normalized spacial score (nSPS) is 10.2. The van der Waals surface area contributed by atoms with Crippen molar-refractivity contribution in [3.05, 3.63) is 68.4 Å². The van der Waals surface area contributed by atoms with Crippen molar-refractivity contribution in [2.45, 2.75) is 6.54 Å². The van der Waals surface area contributed by atoms with Crippen molar-refractivity contribution < 1.29 is 18.9 Å². The van der Waals surface area contributed by atoms with Gasteiger partial charge in [-0.05, 0) is 24.3 Å². The van der Waals surface area contributed by atoms with Crippen molar-refractivity contribution in [3.8, 4) is 0 Å². The van der Waals surface area contributed by atoms with Crippen molar-refractivity contribution in [1.29, 1.82) is 0 Å². The number of nitro groups is 1. The molecular formula is C14H11FN4O5. The van der Waals surface area contributed by atoms with Crippen molar-refractivity contribution in [3.63, 3.8) is 0 Å².